The van der Waals surface area contributed by atoms with Gasteiger partial charge in [0.2, 0.25) is 0 Å². The average Bonchev–Trinajstić information content (AvgIpc) is 3.24. The van der Waals surface area contributed by atoms with Crippen LogP contribution in [-0.4, -0.2) is 49.1 Å². The molecule has 1 fully saturated rings. The number of nitrogens with zero attached hydrogens (tertiary/aromatic N) is 4. The molecule has 0 saturated carbocycles. The highest BCUT2D eigenvalue weighted by Crippen LogP contribution is 2.37. The SMILES string of the molecule is COc1cc(-c2ccccc2)sc1C(=O)N1CCN(c2ncccc2C#N)CC1. The van der Waals surface area contributed by atoms with Crippen LogP contribution in [-0.2, 0) is 0 Å². The van der Waals surface area contributed by atoms with Gasteiger partial charge in [-0.05, 0) is 23.8 Å². The number of anilines is 1. The normalized spacial score (nSPS) is 13.8. The number of nitriles is 1. The van der Waals surface area contributed by atoms with Gasteiger partial charge in [0.1, 0.15) is 22.5 Å². The van der Waals surface area contributed by atoms with Crippen LogP contribution in [0.5, 0.6) is 5.75 Å². The molecule has 1 saturated heterocycles. The molecule has 1 aromatic carbocycles. The smallest absolute Gasteiger partial charge is 0.267 e. The maximum atomic E-state index is 13.2. The van der Waals surface area contributed by atoms with Gasteiger partial charge in [-0.2, -0.15) is 5.26 Å². The van der Waals surface area contributed by atoms with Crippen molar-refractivity contribution in [2.45, 2.75) is 0 Å². The Morgan fingerprint density at radius 1 is 1.14 bits per heavy atom. The van der Waals surface area contributed by atoms with E-state index in [2.05, 4.69) is 16.0 Å². The number of hydrogen-bond donors (Lipinski definition) is 0. The third kappa shape index (κ3) is 3.80. The van der Waals surface area contributed by atoms with Gasteiger partial charge in [-0.1, -0.05) is 30.3 Å². The van der Waals surface area contributed by atoms with Crippen LogP contribution < -0.4 is 9.64 Å². The number of carbonyl (C=O) groups excluding carboxylic acids is 1. The third-order valence-electron chi connectivity index (χ3n) is 4.94. The van der Waals surface area contributed by atoms with E-state index < -0.39 is 0 Å². The Kier molecular flexibility index (Phi) is 5.45. The van der Waals surface area contributed by atoms with Crippen LogP contribution in [0.1, 0.15) is 15.2 Å². The number of pyridine rings is 1. The summed E-state index contributed by atoms with van der Waals surface area (Å²) in [5.41, 5.74) is 1.62. The molecular formula is C22H20N4O2S. The van der Waals surface area contributed by atoms with Crippen LogP contribution >= 0.6 is 11.3 Å². The van der Waals surface area contributed by atoms with Crippen molar-refractivity contribution in [2.75, 3.05) is 38.2 Å². The molecule has 0 aliphatic carbocycles. The lowest BCUT2D eigenvalue weighted by Crippen LogP contribution is -2.49. The van der Waals surface area contributed by atoms with E-state index in [1.54, 1.807) is 25.4 Å². The molecule has 7 heteroatoms. The fraction of sp³-hybridized carbons (Fsp3) is 0.227. The fourth-order valence-electron chi connectivity index (χ4n) is 3.42. The molecule has 0 atom stereocenters. The van der Waals surface area contributed by atoms with Crippen LogP contribution in [0.15, 0.2) is 54.7 Å². The van der Waals surface area contributed by atoms with E-state index in [9.17, 15) is 10.1 Å². The van der Waals surface area contributed by atoms with E-state index in [1.807, 2.05) is 41.3 Å². The van der Waals surface area contributed by atoms with Crippen molar-refractivity contribution in [1.82, 2.24) is 9.88 Å². The summed E-state index contributed by atoms with van der Waals surface area (Å²) in [6.45, 7) is 2.41. The summed E-state index contributed by atoms with van der Waals surface area (Å²) >= 11 is 1.46. The van der Waals surface area contributed by atoms with Gasteiger partial charge < -0.3 is 14.5 Å². The molecule has 1 aliphatic heterocycles. The topological polar surface area (TPSA) is 69.5 Å². The van der Waals surface area contributed by atoms with Gasteiger partial charge in [-0.25, -0.2) is 4.98 Å². The number of carbonyl (C=O) groups is 1. The molecule has 1 aliphatic rings. The zero-order chi connectivity index (χ0) is 20.2. The Morgan fingerprint density at radius 3 is 2.59 bits per heavy atom. The lowest BCUT2D eigenvalue weighted by Gasteiger charge is -2.35. The molecule has 0 spiro atoms. The second-order valence-corrected chi connectivity index (χ2v) is 7.69. The first-order chi connectivity index (χ1) is 14.2. The first-order valence-corrected chi connectivity index (χ1v) is 10.2. The van der Waals surface area contributed by atoms with Gasteiger partial charge in [-0.15, -0.1) is 11.3 Å². The van der Waals surface area contributed by atoms with Gasteiger partial charge in [0.25, 0.3) is 5.91 Å². The molecule has 146 valence electrons. The lowest BCUT2D eigenvalue weighted by atomic mass is 10.2. The fourth-order valence-corrected chi connectivity index (χ4v) is 4.52. The number of aromatic nitrogens is 1. The predicted octanol–water partition coefficient (Wildman–Crippen LogP) is 3.65. The highest BCUT2D eigenvalue weighted by molar-refractivity contribution is 7.17. The number of rotatable bonds is 4. The van der Waals surface area contributed by atoms with Gasteiger partial charge in [-0.3, -0.25) is 4.79 Å². The summed E-state index contributed by atoms with van der Waals surface area (Å²) in [5.74, 6) is 1.27. The highest BCUT2D eigenvalue weighted by atomic mass is 32.1. The summed E-state index contributed by atoms with van der Waals surface area (Å²) in [6, 6.07) is 17.6. The van der Waals surface area contributed by atoms with Gasteiger partial charge in [0.15, 0.2) is 0 Å². The maximum Gasteiger partial charge on any atom is 0.267 e. The predicted molar refractivity (Wildman–Crippen MR) is 113 cm³/mol. The van der Waals surface area contributed by atoms with E-state index in [0.717, 1.165) is 10.4 Å². The number of benzene rings is 1. The minimum atomic E-state index is -0.0183. The standard InChI is InChI=1S/C22H20N4O2S/c1-28-18-14-19(16-6-3-2-4-7-16)29-20(18)22(27)26-12-10-25(11-13-26)21-17(15-23)8-5-9-24-21/h2-9,14H,10-13H2,1H3. The zero-order valence-electron chi connectivity index (χ0n) is 16.0. The average molecular weight is 404 g/mol. The minimum Gasteiger partial charge on any atom is -0.495 e. The second-order valence-electron chi connectivity index (χ2n) is 6.64. The largest absolute Gasteiger partial charge is 0.495 e. The molecule has 0 N–H and O–H groups in total. The van der Waals surface area contributed by atoms with Crippen molar-refractivity contribution >= 4 is 23.1 Å². The Morgan fingerprint density at radius 2 is 1.90 bits per heavy atom. The van der Waals surface area contributed by atoms with Crippen LogP contribution in [0, 0.1) is 11.3 Å². The van der Waals surface area contributed by atoms with Crippen LogP contribution in [0.4, 0.5) is 5.82 Å². The summed E-state index contributed by atoms with van der Waals surface area (Å²) in [4.78, 5) is 23.0. The summed E-state index contributed by atoms with van der Waals surface area (Å²) in [5, 5.41) is 9.30. The molecule has 3 aromatic rings. The molecule has 0 radical (unpaired) electrons. The van der Waals surface area contributed by atoms with Crippen molar-refractivity contribution in [2.24, 2.45) is 0 Å². The van der Waals surface area contributed by atoms with Crippen molar-refractivity contribution < 1.29 is 9.53 Å². The molecule has 0 unspecified atom stereocenters. The number of methoxy groups -OCH3 is 1. The van der Waals surface area contributed by atoms with Crippen LogP contribution in [0.3, 0.4) is 0 Å². The Bertz CT molecular complexity index is 1050. The summed E-state index contributed by atoms with van der Waals surface area (Å²) in [7, 11) is 1.59. The van der Waals surface area contributed by atoms with E-state index in [4.69, 9.17) is 4.74 Å². The van der Waals surface area contributed by atoms with E-state index in [1.165, 1.54) is 11.3 Å². The van der Waals surface area contributed by atoms with Crippen LogP contribution in [0.25, 0.3) is 10.4 Å². The monoisotopic (exact) mass is 404 g/mol. The van der Waals surface area contributed by atoms with Crippen LogP contribution in [0.2, 0.25) is 0 Å². The maximum absolute atomic E-state index is 13.2. The zero-order valence-corrected chi connectivity index (χ0v) is 16.9. The first kappa shape index (κ1) is 19.0. The molecule has 6 nitrogen and oxygen atoms in total. The van der Waals surface area contributed by atoms with E-state index >= 15 is 0 Å². The Labute approximate surface area is 173 Å². The molecule has 1 amide bonds. The molecule has 29 heavy (non-hydrogen) atoms. The minimum absolute atomic E-state index is 0.0183. The summed E-state index contributed by atoms with van der Waals surface area (Å²) < 4.78 is 5.49. The lowest BCUT2D eigenvalue weighted by molar-refractivity contribution is 0.0748. The number of hydrogen-bond acceptors (Lipinski definition) is 6. The van der Waals surface area contributed by atoms with E-state index in [0.29, 0.717) is 48.2 Å². The number of piperazine rings is 1. The third-order valence-corrected chi connectivity index (χ3v) is 6.10. The Balaban J connectivity index is 1.50. The first-order valence-electron chi connectivity index (χ1n) is 9.34. The van der Waals surface area contributed by atoms with Gasteiger partial charge >= 0.3 is 0 Å². The Hall–Kier alpha value is -3.37. The number of amides is 1. The van der Waals surface area contributed by atoms with Gasteiger partial charge in [0, 0.05) is 37.3 Å². The van der Waals surface area contributed by atoms with E-state index in [-0.39, 0.29) is 5.91 Å². The summed E-state index contributed by atoms with van der Waals surface area (Å²) in [6.07, 6.45) is 1.69. The van der Waals surface area contributed by atoms with Crippen molar-refractivity contribution in [3.63, 3.8) is 0 Å². The number of ether oxygens (including phenoxy) is 1. The molecular weight excluding hydrogens is 384 g/mol. The van der Waals surface area contributed by atoms with Gasteiger partial charge in [0.05, 0.1) is 12.7 Å². The van der Waals surface area contributed by atoms with Crippen molar-refractivity contribution in [1.29, 1.82) is 5.26 Å². The van der Waals surface area contributed by atoms with Crippen molar-refractivity contribution in [3.05, 3.63) is 65.2 Å². The number of thiophene rings is 1. The highest BCUT2D eigenvalue weighted by Gasteiger charge is 2.27. The molecule has 4 rings (SSSR count). The molecule has 3 heterocycles. The molecule has 0 bridgehead atoms. The second kappa shape index (κ2) is 8.33. The molecule has 2 aromatic heterocycles. The van der Waals surface area contributed by atoms with Crippen molar-refractivity contribution in [3.8, 4) is 22.3 Å². The quantitative estimate of drug-likeness (QED) is 0.664.